The molecule has 7 nitrogen and oxygen atoms in total. The molecule has 1 aliphatic heterocycles. The minimum atomic E-state index is -0.269. The molecule has 29 heavy (non-hydrogen) atoms. The number of rotatable bonds is 5. The molecule has 0 saturated heterocycles. The van der Waals surface area contributed by atoms with E-state index in [9.17, 15) is 9.59 Å². The standard InChI is InChI=1S/C21H17NO6S/c1-25-14-7-13(8-15(9-14)26-2)16(23)10-20-22-21(24)19(29-20)6-12-3-4-17-18(5-12)28-11-27-17/h3-10H,11H2,1-2H3,(H,22,24)/b19-6+,20-10+. The monoisotopic (exact) mass is 411 g/mol. The lowest BCUT2D eigenvalue weighted by Gasteiger charge is -2.06. The molecule has 0 bridgehead atoms. The highest BCUT2D eigenvalue weighted by Gasteiger charge is 2.12. The molecule has 0 aliphatic carbocycles. The predicted molar refractivity (Wildman–Crippen MR) is 109 cm³/mol. The fourth-order valence-corrected chi connectivity index (χ4v) is 3.72. The fourth-order valence-electron chi connectivity index (χ4n) is 2.83. The predicted octanol–water partition coefficient (Wildman–Crippen LogP) is 1.67. The van der Waals surface area contributed by atoms with Crippen LogP contribution in [0.1, 0.15) is 15.9 Å². The second-order valence-corrected chi connectivity index (χ2v) is 7.24. The first-order valence-electron chi connectivity index (χ1n) is 8.65. The molecule has 148 valence electrons. The molecule has 2 aromatic carbocycles. The highest BCUT2D eigenvalue weighted by atomic mass is 32.1. The summed E-state index contributed by atoms with van der Waals surface area (Å²) in [6.45, 7) is 0.189. The number of Topliss-reactive ketones (excluding diaryl/α,β-unsaturated/α-hetero) is 1. The topological polar surface area (TPSA) is 86.9 Å². The minimum Gasteiger partial charge on any atom is -0.497 e. The summed E-state index contributed by atoms with van der Waals surface area (Å²) in [6, 6.07) is 10.4. The van der Waals surface area contributed by atoms with Gasteiger partial charge in [0.25, 0.3) is 5.56 Å². The van der Waals surface area contributed by atoms with E-state index < -0.39 is 0 Å². The third kappa shape index (κ3) is 4.02. The average Bonchev–Trinajstić information content (AvgIpc) is 3.33. The summed E-state index contributed by atoms with van der Waals surface area (Å²) >= 11 is 1.20. The SMILES string of the molecule is COc1cc(OC)cc(C(=O)/C=c2\[nH]c(=O)/c(=C\c3ccc4c(c3)OCO4)s2)c1. The number of carbonyl (C=O) groups excluding carboxylic acids is 1. The summed E-state index contributed by atoms with van der Waals surface area (Å²) in [6.07, 6.45) is 3.12. The Labute approximate surface area is 169 Å². The molecule has 0 spiro atoms. The maximum atomic E-state index is 12.6. The van der Waals surface area contributed by atoms with Gasteiger partial charge in [-0.15, -0.1) is 11.3 Å². The Kier molecular flexibility index (Phi) is 5.09. The highest BCUT2D eigenvalue weighted by molar-refractivity contribution is 7.07. The Balaban J connectivity index is 1.68. The van der Waals surface area contributed by atoms with Gasteiger partial charge in [-0.3, -0.25) is 9.59 Å². The number of ether oxygens (including phenoxy) is 4. The Morgan fingerprint density at radius 2 is 1.79 bits per heavy atom. The number of benzene rings is 2. The first-order chi connectivity index (χ1) is 14.1. The summed E-state index contributed by atoms with van der Waals surface area (Å²) in [7, 11) is 3.03. The van der Waals surface area contributed by atoms with E-state index in [1.807, 2.05) is 6.07 Å². The van der Waals surface area contributed by atoms with Gasteiger partial charge in [0.1, 0.15) is 11.5 Å². The number of H-pyrrole nitrogens is 1. The van der Waals surface area contributed by atoms with Crippen molar-refractivity contribution in [2.75, 3.05) is 21.0 Å². The van der Waals surface area contributed by atoms with Crippen molar-refractivity contribution in [1.82, 2.24) is 4.98 Å². The molecule has 1 aromatic heterocycles. The van der Waals surface area contributed by atoms with E-state index >= 15 is 0 Å². The number of ketones is 1. The third-order valence-electron chi connectivity index (χ3n) is 4.27. The summed E-state index contributed by atoms with van der Waals surface area (Å²) in [5.74, 6) is 2.07. The summed E-state index contributed by atoms with van der Waals surface area (Å²) in [5, 5.41) is 0. The van der Waals surface area contributed by atoms with Crippen LogP contribution in [0.2, 0.25) is 0 Å². The molecule has 3 aromatic rings. The third-order valence-corrected chi connectivity index (χ3v) is 5.24. The molecule has 1 aliphatic rings. The quantitative estimate of drug-likeness (QED) is 0.643. The lowest BCUT2D eigenvalue weighted by Crippen LogP contribution is -2.20. The molecule has 0 radical (unpaired) electrons. The number of methoxy groups -OCH3 is 2. The van der Waals surface area contributed by atoms with Crippen LogP contribution in [-0.4, -0.2) is 31.8 Å². The molecule has 0 saturated carbocycles. The van der Waals surface area contributed by atoms with Gasteiger partial charge < -0.3 is 23.9 Å². The zero-order valence-corrected chi connectivity index (χ0v) is 16.5. The van der Waals surface area contributed by atoms with E-state index in [0.29, 0.717) is 37.8 Å². The summed E-state index contributed by atoms with van der Waals surface area (Å²) < 4.78 is 22.0. The number of aromatic nitrogens is 1. The van der Waals surface area contributed by atoms with Crippen molar-refractivity contribution in [3.05, 3.63) is 67.1 Å². The van der Waals surface area contributed by atoms with Crippen molar-refractivity contribution >= 4 is 29.3 Å². The van der Waals surface area contributed by atoms with Crippen LogP contribution in [-0.2, 0) is 0 Å². The molecular formula is C21H17NO6S. The number of fused-ring (bicyclic) bond motifs is 1. The number of thiazole rings is 1. The number of hydrogen-bond donors (Lipinski definition) is 1. The number of aromatic amines is 1. The maximum Gasteiger partial charge on any atom is 0.266 e. The highest BCUT2D eigenvalue weighted by Crippen LogP contribution is 2.32. The van der Waals surface area contributed by atoms with Gasteiger partial charge in [-0.1, -0.05) is 6.07 Å². The molecular weight excluding hydrogens is 394 g/mol. The first-order valence-corrected chi connectivity index (χ1v) is 9.47. The van der Waals surface area contributed by atoms with Crippen molar-refractivity contribution in [3.63, 3.8) is 0 Å². The smallest absolute Gasteiger partial charge is 0.266 e. The van der Waals surface area contributed by atoms with Gasteiger partial charge in [0.2, 0.25) is 6.79 Å². The van der Waals surface area contributed by atoms with Gasteiger partial charge >= 0.3 is 0 Å². The van der Waals surface area contributed by atoms with E-state index in [1.165, 1.54) is 31.6 Å². The molecule has 0 amide bonds. The average molecular weight is 411 g/mol. The molecule has 8 heteroatoms. The zero-order chi connectivity index (χ0) is 20.4. The van der Waals surface area contributed by atoms with E-state index in [1.54, 1.807) is 36.4 Å². The molecule has 0 atom stereocenters. The molecule has 0 unspecified atom stereocenters. The van der Waals surface area contributed by atoms with Crippen LogP contribution < -0.4 is 33.7 Å². The lowest BCUT2D eigenvalue weighted by molar-refractivity contribution is 0.106. The van der Waals surface area contributed by atoms with Crippen LogP contribution >= 0.6 is 11.3 Å². The molecule has 1 N–H and O–H groups in total. The van der Waals surface area contributed by atoms with Crippen LogP contribution in [0.5, 0.6) is 23.0 Å². The fraction of sp³-hybridized carbons (Fsp3) is 0.143. The second kappa shape index (κ2) is 7.84. The van der Waals surface area contributed by atoms with Gasteiger partial charge in [-0.2, -0.15) is 0 Å². The van der Waals surface area contributed by atoms with Crippen molar-refractivity contribution in [1.29, 1.82) is 0 Å². The number of hydrogen-bond acceptors (Lipinski definition) is 7. The van der Waals surface area contributed by atoms with Crippen molar-refractivity contribution in [3.8, 4) is 23.0 Å². The van der Waals surface area contributed by atoms with E-state index in [4.69, 9.17) is 18.9 Å². The Hall–Kier alpha value is -3.52. The maximum absolute atomic E-state index is 12.6. The number of nitrogens with one attached hydrogen (secondary N) is 1. The van der Waals surface area contributed by atoms with E-state index in [-0.39, 0.29) is 18.1 Å². The van der Waals surface area contributed by atoms with Gasteiger partial charge in [0.15, 0.2) is 17.3 Å². The lowest BCUT2D eigenvalue weighted by atomic mass is 10.1. The first kappa shape index (κ1) is 18.8. The van der Waals surface area contributed by atoms with Gasteiger partial charge in [-0.05, 0) is 35.9 Å². The Bertz CT molecular complexity index is 1230. The summed E-state index contributed by atoms with van der Waals surface area (Å²) in [4.78, 5) is 27.6. The van der Waals surface area contributed by atoms with Crippen LogP contribution in [0.25, 0.3) is 12.2 Å². The number of carbonyl (C=O) groups is 1. The normalized spacial score (nSPS) is 13.6. The van der Waals surface area contributed by atoms with Gasteiger partial charge in [-0.25, -0.2) is 0 Å². The van der Waals surface area contributed by atoms with Crippen molar-refractivity contribution in [2.24, 2.45) is 0 Å². The van der Waals surface area contributed by atoms with E-state index in [2.05, 4.69) is 4.98 Å². The zero-order valence-electron chi connectivity index (χ0n) is 15.7. The van der Waals surface area contributed by atoms with Crippen molar-refractivity contribution in [2.45, 2.75) is 0 Å². The molecule has 0 fully saturated rings. The second-order valence-electron chi connectivity index (χ2n) is 6.15. The molecule has 2 heterocycles. The minimum absolute atomic E-state index is 0.189. The Morgan fingerprint density at radius 3 is 2.52 bits per heavy atom. The van der Waals surface area contributed by atoms with Crippen LogP contribution in [0.4, 0.5) is 0 Å². The van der Waals surface area contributed by atoms with E-state index in [0.717, 1.165) is 5.56 Å². The molecule has 4 rings (SSSR count). The van der Waals surface area contributed by atoms with Crippen molar-refractivity contribution < 1.29 is 23.7 Å². The Morgan fingerprint density at radius 1 is 1.07 bits per heavy atom. The van der Waals surface area contributed by atoms with Crippen LogP contribution in [0, 0.1) is 0 Å². The van der Waals surface area contributed by atoms with Gasteiger partial charge in [0.05, 0.1) is 23.4 Å². The van der Waals surface area contributed by atoms with Crippen LogP contribution in [0.15, 0.2) is 41.2 Å². The van der Waals surface area contributed by atoms with Crippen LogP contribution in [0.3, 0.4) is 0 Å². The summed E-state index contributed by atoms with van der Waals surface area (Å²) in [5.41, 5.74) is 0.934. The largest absolute Gasteiger partial charge is 0.497 e. The van der Waals surface area contributed by atoms with Gasteiger partial charge in [0, 0.05) is 17.7 Å².